The molecule has 2 amide bonds. The average Bonchev–Trinajstić information content (AvgIpc) is 2.77. The molecule has 2 aromatic carbocycles. The van der Waals surface area contributed by atoms with Crippen molar-refractivity contribution in [2.45, 2.75) is 32.4 Å². The monoisotopic (exact) mass is 463 g/mol. The molecule has 1 heterocycles. The van der Waals surface area contributed by atoms with E-state index in [2.05, 4.69) is 26.1 Å². The summed E-state index contributed by atoms with van der Waals surface area (Å²) in [6.45, 7) is 6.84. The number of carbonyl (C=O) groups excluding carboxylic acids is 2. The zero-order valence-corrected chi connectivity index (χ0v) is 18.9. The summed E-state index contributed by atoms with van der Waals surface area (Å²) in [5.41, 5.74) is 2.60. The Morgan fingerprint density at radius 1 is 0.909 bits per heavy atom. The highest BCUT2D eigenvalue weighted by Gasteiger charge is 2.43. The third-order valence-electron chi connectivity index (χ3n) is 5.42. The van der Waals surface area contributed by atoms with E-state index in [0.717, 1.165) is 10.6 Å². The summed E-state index contributed by atoms with van der Waals surface area (Å²) < 4.78 is 43.2. The molecular formula is C24H28F3N3O3. The smallest absolute Gasteiger partial charge is 0.471 e. The lowest BCUT2D eigenvalue weighted by molar-refractivity contribution is -0.185. The molecule has 3 rings (SSSR count). The fourth-order valence-corrected chi connectivity index (χ4v) is 3.50. The van der Waals surface area contributed by atoms with Gasteiger partial charge in [-0.2, -0.15) is 13.2 Å². The number of alkyl halides is 3. The van der Waals surface area contributed by atoms with E-state index in [1.807, 2.05) is 29.2 Å². The SMILES string of the molecule is CC(C)(C)c1ccc(OCC(=O)Nc2ccc(N3CCN(C(=O)C(F)(F)F)CC3)cc2)cc1. The van der Waals surface area contributed by atoms with Crippen LogP contribution in [0.4, 0.5) is 24.5 Å². The van der Waals surface area contributed by atoms with Crippen molar-refractivity contribution < 1.29 is 27.5 Å². The zero-order chi connectivity index (χ0) is 24.2. The van der Waals surface area contributed by atoms with E-state index in [1.165, 1.54) is 5.56 Å². The van der Waals surface area contributed by atoms with Gasteiger partial charge in [0, 0.05) is 37.6 Å². The molecule has 6 nitrogen and oxygen atoms in total. The number of hydrogen-bond donors (Lipinski definition) is 1. The molecule has 1 fully saturated rings. The van der Waals surface area contributed by atoms with E-state index in [1.54, 1.807) is 24.3 Å². The van der Waals surface area contributed by atoms with Crippen LogP contribution in [0.2, 0.25) is 0 Å². The molecule has 9 heteroatoms. The van der Waals surface area contributed by atoms with Crippen LogP contribution >= 0.6 is 0 Å². The molecule has 1 aliphatic rings. The molecule has 0 atom stereocenters. The van der Waals surface area contributed by atoms with E-state index < -0.39 is 12.1 Å². The number of benzene rings is 2. The quantitative estimate of drug-likeness (QED) is 0.722. The molecule has 1 saturated heterocycles. The highest BCUT2D eigenvalue weighted by atomic mass is 19.4. The van der Waals surface area contributed by atoms with E-state index in [4.69, 9.17) is 4.74 Å². The fraction of sp³-hybridized carbons (Fsp3) is 0.417. The lowest BCUT2D eigenvalue weighted by atomic mass is 9.87. The lowest BCUT2D eigenvalue weighted by Gasteiger charge is -2.36. The summed E-state index contributed by atoms with van der Waals surface area (Å²) >= 11 is 0. The van der Waals surface area contributed by atoms with Gasteiger partial charge in [-0.1, -0.05) is 32.9 Å². The number of carbonyl (C=O) groups is 2. The molecular weight excluding hydrogens is 435 g/mol. The number of ether oxygens (including phenoxy) is 1. The van der Waals surface area contributed by atoms with Crippen molar-refractivity contribution in [3.63, 3.8) is 0 Å². The first kappa shape index (κ1) is 24.4. The zero-order valence-electron chi connectivity index (χ0n) is 18.9. The summed E-state index contributed by atoms with van der Waals surface area (Å²) in [5, 5.41) is 2.76. The van der Waals surface area contributed by atoms with Gasteiger partial charge in [0.05, 0.1) is 0 Å². The van der Waals surface area contributed by atoms with Crippen LogP contribution < -0.4 is 15.0 Å². The Morgan fingerprint density at radius 2 is 1.48 bits per heavy atom. The van der Waals surface area contributed by atoms with Crippen molar-refractivity contribution >= 4 is 23.2 Å². The van der Waals surface area contributed by atoms with Gasteiger partial charge in [-0.25, -0.2) is 0 Å². The molecule has 178 valence electrons. The molecule has 0 aromatic heterocycles. The van der Waals surface area contributed by atoms with Crippen LogP contribution in [0.5, 0.6) is 5.75 Å². The van der Waals surface area contributed by atoms with Crippen LogP contribution in [0.15, 0.2) is 48.5 Å². The Kier molecular flexibility index (Phi) is 7.19. The number of halogens is 3. The Balaban J connectivity index is 1.47. The van der Waals surface area contributed by atoms with E-state index in [0.29, 0.717) is 24.5 Å². The fourth-order valence-electron chi connectivity index (χ4n) is 3.50. The molecule has 0 unspecified atom stereocenters. The summed E-state index contributed by atoms with van der Waals surface area (Å²) in [4.78, 5) is 26.3. The highest BCUT2D eigenvalue weighted by Crippen LogP contribution is 2.25. The third kappa shape index (κ3) is 6.63. The van der Waals surface area contributed by atoms with E-state index in [9.17, 15) is 22.8 Å². The molecule has 2 aromatic rings. The number of rotatable bonds is 5. The van der Waals surface area contributed by atoms with Crippen molar-refractivity contribution in [1.82, 2.24) is 4.90 Å². The number of anilines is 2. The summed E-state index contributed by atoms with van der Waals surface area (Å²) in [6.07, 6.45) is -4.85. The van der Waals surface area contributed by atoms with Gasteiger partial charge in [0.1, 0.15) is 5.75 Å². The number of piperazine rings is 1. The normalized spacial score (nSPS) is 14.7. The van der Waals surface area contributed by atoms with Gasteiger partial charge in [0.2, 0.25) is 0 Å². The van der Waals surface area contributed by atoms with Gasteiger partial charge in [-0.3, -0.25) is 9.59 Å². The maximum absolute atomic E-state index is 12.6. The minimum absolute atomic E-state index is 0.00486. The Labute approximate surface area is 191 Å². The van der Waals surface area contributed by atoms with Gasteiger partial charge in [-0.15, -0.1) is 0 Å². The summed E-state index contributed by atoms with van der Waals surface area (Å²) in [7, 11) is 0. The van der Waals surface area contributed by atoms with E-state index in [-0.39, 0.29) is 31.0 Å². The highest BCUT2D eigenvalue weighted by molar-refractivity contribution is 5.92. The van der Waals surface area contributed by atoms with Crippen LogP contribution in [-0.2, 0) is 15.0 Å². The first-order chi connectivity index (χ1) is 15.4. The van der Waals surface area contributed by atoms with Gasteiger partial charge in [0.15, 0.2) is 6.61 Å². The maximum Gasteiger partial charge on any atom is 0.471 e. The van der Waals surface area contributed by atoms with Crippen LogP contribution in [-0.4, -0.2) is 55.7 Å². The number of amides is 2. The number of hydrogen-bond acceptors (Lipinski definition) is 4. The Hall–Kier alpha value is -3.23. The molecule has 33 heavy (non-hydrogen) atoms. The predicted molar refractivity (Wildman–Crippen MR) is 121 cm³/mol. The van der Waals surface area contributed by atoms with Gasteiger partial charge in [-0.05, 0) is 47.4 Å². The van der Waals surface area contributed by atoms with Crippen molar-refractivity contribution in [3.8, 4) is 5.75 Å². The van der Waals surface area contributed by atoms with Crippen LogP contribution in [0.1, 0.15) is 26.3 Å². The Bertz CT molecular complexity index is 960. The summed E-state index contributed by atoms with van der Waals surface area (Å²) in [5.74, 6) is -1.49. The molecule has 1 N–H and O–H groups in total. The number of nitrogens with zero attached hydrogens (tertiary/aromatic N) is 2. The molecule has 0 bridgehead atoms. The molecule has 0 radical (unpaired) electrons. The van der Waals surface area contributed by atoms with Gasteiger partial charge < -0.3 is 19.9 Å². The molecule has 1 aliphatic heterocycles. The van der Waals surface area contributed by atoms with Gasteiger partial charge >= 0.3 is 12.1 Å². The minimum atomic E-state index is -4.85. The molecule has 0 spiro atoms. The first-order valence-electron chi connectivity index (χ1n) is 10.7. The predicted octanol–water partition coefficient (Wildman–Crippen LogP) is 4.21. The number of nitrogens with one attached hydrogen (secondary N) is 1. The van der Waals surface area contributed by atoms with Crippen molar-refractivity contribution in [1.29, 1.82) is 0 Å². The summed E-state index contributed by atoms with van der Waals surface area (Å²) in [6, 6.07) is 14.6. The second kappa shape index (κ2) is 9.72. The minimum Gasteiger partial charge on any atom is -0.484 e. The standard InChI is InChI=1S/C24H28F3N3O3/c1-23(2,3)17-4-10-20(11-5-17)33-16-21(31)28-18-6-8-19(9-7-18)29-12-14-30(15-13-29)22(32)24(25,26)27/h4-11H,12-16H2,1-3H3,(H,28,31). The second-order valence-electron chi connectivity index (χ2n) is 8.94. The third-order valence-corrected chi connectivity index (χ3v) is 5.42. The van der Waals surface area contributed by atoms with E-state index >= 15 is 0 Å². The topological polar surface area (TPSA) is 61.9 Å². The lowest BCUT2D eigenvalue weighted by Crippen LogP contribution is -2.52. The average molecular weight is 464 g/mol. The van der Waals surface area contributed by atoms with Crippen LogP contribution in [0.3, 0.4) is 0 Å². The van der Waals surface area contributed by atoms with Crippen LogP contribution in [0.25, 0.3) is 0 Å². The molecule has 0 saturated carbocycles. The van der Waals surface area contributed by atoms with Gasteiger partial charge in [0.25, 0.3) is 5.91 Å². The van der Waals surface area contributed by atoms with Crippen LogP contribution in [0, 0.1) is 0 Å². The largest absolute Gasteiger partial charge is 0.484 e. The van der Waals surface area contributed by atoms with Crippen molar-refractivity contribution in [2.75, 3.05) is 43.0 Å². The second-order valence-corrected chi connectivity index (χ2v) is 8.94. The molecule has 0 aliphatic carbocycles. The maximum atomic E-state index is 12.6. The van der Waals surface area contributed by atoms with Crippen molar-refractivity contribution in [2.24, 2.45) is 0 Å². The Morgan fingerprint density at radius 3 is 2.00 bits per heavy atom. The first-order valence-corrected chi connectivity index (χ1v) is 10.7. The van der Waals surface area contributed by atoms with Crippen molar-refractivity contribution in [3.05, 3.63) is 54.1 Å².